The number of carbonyl (C=O) groups excluding carboxylic acids is 2. The second kappa shape index (κ2) is 10.1. The fraction of sp³-hybridized carbons (Fsp3) is 0.389. The van der Waals surface area contributed by atoms with Crippen LogP contribution in [0, 0.1) is 0 Å². The molecule has 1 aromatic heterocycles. The van der Waals surface area contributed by atoms with Gasteiger partial charge in [0.1, 0.15) is 6.61 Å². The molecule has 1 aromatic carbocycles. The zero-order chi connectivity index (χ0) is 21.6. The maximum absolute atomic E-state index is 12.7. The third-order valence-corrected chi connectivity index (χ3v) is 7.10. The highest BCUT2D eigenvalue weighted by molar-refractivity contribution is 7.89. The van der Waals surface area contributed by atoms with E-state index >= 15 is 0 Å². The number of hydrogen-bond acceptors (Lipinski definition) is 8. The average molecular weight is 461 g/mol. The lowest BCUT2D eigenvalue weighted by atomic mass is 10.2. The van der Waals surface area contributed by atoms with Gasteiger partial charge in [-0.25, -0.2) is 23.0 Å². The third kappa shape index (κ3) is 5.53. The molecule has 0 fully saturated rings. The number of nitrogens with zero attached hydrogens (tertiary/aromatic N) is 2. The van der Waals surface area contributed by atoms with E-state index in [1.54, 1.807) is 26.2 Å². The molecule has 0 N–H and O–H groups in total. The molecule has 2 rings (SSSR count). The molecule has 0 aliphatic heterocycles. The normalized spacial score (nSPS) is 11.5. The van der Waals surface area contributed by atoms with E-state index in [1.165, 1.54) is 22.5 Å². The van der Waals surface area contributed by atoms with Crippen molar-refractivity contribution in [2.45, 2.75) is 32.3 Å². The van der Waals surface area contributed by atoms with Crippen LogP contribution in [0.2, 0.25) is 5.02 Å². The Morgan fingerprint density at radius 3 is 2.45 bits per heavy atom. The number of rotatable bonds is 9. The lowest BCUT2D eigenvalue weighted by molar-refractivity contribution is 0.0468. The van der Waals surface area contributed by atoms with Crippen LogP contribution in [0.1, 0.15) is 46.6 Å². The van der Waals surface area contributed by atoms with Crippen LogP contribution in [0.3, 0.4) is 0 Å². The molecule has 0 spiro atoms. The fourth-order valence-corrected chi connectivity index (χ4v) is 4.78. The molecular formula is C18H21ClN2O6S2. The van der Waals surface area contributed by atoms with Gasteiger partial charge in [0.15, 0.2) is 0 Å². The van der Waals surface area contributed by atoms with Crippen LogP contribution < -0.4 is 0 Å². The van der Waals surface area contributed by atoms with Crippen molar-refractivity contribution in [2.24, 2.45) is 0 Å². The van der Waals surface area contributed by atoms with Gasteiger partial charge in [-0.1, -0.05) is 25.4 Å². The van der Waals surface area contributed by atoms with Gasteiger partial charge in [-0.05, 0) is 25.1 Å². The van der Waals surface area contributed by atoms with Gasteiger partial charge in [-0.3, -0.25) is 0 Å². The minimum Gasteiger partial charge on any atom is -0.461 e. The summed E-state index contributed by atoms with van der Waals surface area (Å²) in [7, 11) is -3.75. The summed E-state index contributed by atoms with van der Waals surface area (Å²) in [5.41, 5.74) is 0.301. The van der Waals surface area contributed by atoms with E-state index in [0.717, 1.165) is 11.3 Å². The highest BCUT2D eigenvalue weighted by Crippen LogP contribution is 2.24. The summed E-state index contributed by atoms with van der Waals surface area (Å²) in [6.45, 7) is 5.77. The Hall–Kier alpha value is -2.01. The van der Waals surface area contributed by atoms with Gasteiger partial charge >= 0.3 is 11.9 Å². The third-order valence-electron chi connectivity index (χ3n) is 3.85. The highest BCUT2D eigenvalue weighted by Gasteiger charge is 2.24. The minimum atomic E-state index is -3.75. The molecule has 2 aromatic rings. The second-order valence-corrected chi connectivity index (χ2v) is 8.87. The highest BCUT2D eigenvalue weighted by atomic mass is 35.5. The topological polar surface area (TPSA) is 103 Å². The van der Waals surface area contributed by atoms with Gasteiger partial charge in [-0.15, -0.1) is 11.3 Å². The van der Waals surface area contributed by atoms with Crippen molar-refractivity contribution in [1.82, 2.24) is 9.29 Å². The van der Waals surface area contributed by atoms with E-state index in [2.05, 4.69) is 4.98 Å². The summed E-state index contributed by atoms with van der Waals surface area (Å²) >= 11 is 7.14. The summed E-state index contributed by atoms with van der Waals surface area (Å²) in [5, 5.41) is 1.80. The van der Waals surface area contributed by atoms with E-state index in [9.17, 15) is 18.0 Å². The van der Waals surface area contributed by atoms with Gasteiger partial charge in [-0.2, -0.15) is 4.31 Å². The summed E-state index contributed by atoms with van der Waals surface area (Å²) in [5.74, 6) is -1.34. The lowest BCUT2D eigenvalue weighted by Gasteiger charge is -2.19. The van der Waals surface area contributed by atoms with Crippen molar-refractivity contribution in [2.75, 3.05) is 19.7 Å². The van der Waals surface area contributed by atoms with E-state index in [0.29, 0.717) is 18.8 Å². The Balaban J connectivity index is 2.16. The number of hydrogen-bond donors (Lipinski definition) is 0. The molecular weight excluding hydrogens is 440 g/mol. The van der Waals surface area contributed by atoms with E-state index in [-0.39, 0.29) is 33.7 Å². The SMILES string of the molecule is CCOC(=O)c1nc(COC(=O)c2cc(S(=O)(=O)N(CC)CC)ccc2Cl)cs1. The molecule has 0 atom stereocenters. The van der Waals surface area contributed by atoms with Crippen molar-refractivity contribution < 1.29 is 27.5 Å². The molecule has 1 heterocycles. The van der Waals surface area contributed by atoms with Gasteiger partial charge in [0.25, 0.3) is 0 Å². The number of esters is 2. The van der Waals surface area contributed by atoms with E-state index in [1.807, 2.05) is 0 Å². The maximum atomic E-state index is 12.7. The quantitative estimate of drug-likeness (QED) is 0.528. The van der Waals surface area contributed by atoms with Gasteiger partial charge < -0.3 is 9.47 Å². The van der Waals surface area contributed by atoms with Crippen molar-refractivity contribution in [1.29, 1.82) is 0 Å². The molecule has 8 nitrogen and oxygen atoms in total. The molecule has 0 aliphatic carbocycles. The number of carbonyl (C=O) groups is 2. The molecule has 0 amide bonds. The van der Waals surface area contributed by atoms with Crippen molar-refractivity contribution in [3.8, 4) is 0 Å². The first-order chi connectivity index (χ1) is 13.7. The number of sulfonamides is 1. The Bertz CT molecular complexity index is 986. The summed E-state index contributed by atoms with van der Waals surface area (Å²) in [4.78, 5) is 28.1. The van der Waals surface area contributed by atoms with Crippen LogP contribution >= 0.6 is 22.9 Å². The second-order valence-electron chi connectivity index (χ2n) is 5.67. The van der Waals surface area contributed by atoms with Gasteiger partial charge in [0.05, 0.1) is 27.8 Å². The van der Waals surface area contributed by atoms with Gasteiger partial charge in [0, 0.05) is 18.5 Å². The van der Waals surface area contributed by atoms with Crippen molar-refractivity contribution >= 4 is 44.9 Å². The Morgan fingerprint density at radius 2 is 1.83 bits per heavy atom. The van der Waals surface area contributed by atoms with Crippen molar-refractivity contribution in [3.05, 3.63) is 44.9 Å². The predicted molar refractivity (Wildman–Crippen MR) is 109 cm³/mol. The Kier molecular flexibility index (Phi) is 8.14. The van der Waals surface area contributed by atoms with Gasteiger partial charge in [0.2, 0.25) is 15.0 Å². The monoisotopic (exact) mass is 460 g/mol. The zero-order valence-corrected chi connectivity index (χ0v) is 18.6. The molecule has 0 radical (unpaired) electrons. The molecule has 0 aliphatic rings. The lowest BCUT2D eigenvalue weighted by Crippen LogP contribution is -2.30. The molecule has 158 valence electrons. The first-order valence-electron chi connectivity index (χ1n) is 8.82. The van der Waals surface area contributed by atoms with Crippen LogP contribution in [0.5, 0.6) is 0 Å². The largest absolute Gasteiger partial charge is 0.461 e. The smallest absolute Gasteiger partial charge is 0.367 e. The van der Waals surface area contributed by atoms with E-state index < -0.39 is 22.0 Å². The maximum Gasteiger partial charge on any atom is 0.367 e. The molecule has 0 saturated heterocycles. The van der Waals surface area contributed by atoms with Crippen molar-refractivity contribution in [3.63, 3.8) is 0 Å². The number of halogens is 1. The Morgan fingerprint density at radius 1 is 1.14 bits per heavy atom. The minimum absolute atomic E-state index is 0.0456. The summed E-state index contributed by atoms with van der Waals surface area (Å²) < 4.78 is 36.6. The standard InChI is InChI=1S/C18H21ClN2O6S2/c1-4-21(5-2)29(24,25)13-7-8-15(19)14(9-13)17(22)27-10-12-11-28-16(20-12)18(23)26-6-3/h7-9,11H,4-6,10H2,1-3H3. The number of aromatic nitrogens is 1. The molecule has 0 bridgehead atoms. The zero-order valence-electron chi connectivity index (χ0n) is 16.2. The van der Waals surface area contributed by atoms with E-state index in [4.69, 9.17) is 21.1 Å². The average Bonchev–Trinajstić information content (AvgIpc) is 3.16. The number of ether oxygens (including phenoxy) is 2. The van der Waals surface area contributed by atoms with Crippen LogP contribution in [-0.2, 0) is 26.1 Å². The first-order valence-corrected chi connectivity index (χ1v) is 11.5. The molecule has 0 unspecified atom stereocenters. The van der Waals surface area contributed by atoms with Crippen LogP contribution in [0.15, 0.2) is 28.5 Å². The first kappa shape index (κ1) is 23.3. The molecule has 29 heavy (non-hydrogen) atoms. The Labute approximate surface area is 178 Å². The number of benzene rings is 1. The predicted octanol–water partition coefficient (Wildman–Crippen LogP) is 3.36. The fourth-order valence-electron chi connectivity index (χ4n) is 2.41. The molecule has 11 heteroatoms. The molecule has 0 saturated carbocycles. The summed E-state index contributed by atoms with van der Waals surface area (Å²) in [6, 6.07) is 3.89. The van der Waals surface area contributed by atoms with Crippen LogP contribution in [0.4, 0.5) is 0 Å². The van der Waals surface area contributed by atoms with Crippen LogP contribution in [0.25, 0.3) is 0 Å². The number of thiazole rings is 1. The van der Waals surface area contributed by atoms with Crippen LogP contribution in [-0.4, -0.2) is 49.3 Å². The summed E-state index contributed by atoms with van der Waals surface area (Å²) in [6.07, 6.45) is 0.